The van der Waals surface area contributed by atoms with Crippen LogP contribution in [0, 0.1) is 0 Å². The number of primary amides is 1. The summed E-state index contributed by atoms with van der Waals surface area (Å²) >= 11 is 7.58. The van der Waals surface area contributed by atoms with Gasteiger partial charge in [0.2, 0.25) is 0 Å². The molecule has 1 fully saturated rings. The monoisotopic (exact) mass is 482 g/mol. The lowest BCUT2D eigenvalue weighted by atomic mass is 10.1. The van der Waals surface area contributed by atoms with Crippen LogP contribution in [0.2, 0.25) is 5.02 Å². The number of hydrogen-bond acceptors (Lipinski definition) is 6. The summed E-state index contributed by atoms with van der Waals surface area (Å²) in [6.07, 6.45) is 2.50. The zero-order chi connectivity index (χ0) is 22.9. The Bertz CT molecular complexity index is 1310. The molecule has 9 heteroatoms. The molecule has 33 heavy (non-hydrogen) atoms. The highest BCUT2D eigenvalue weighted by Crippen LogP contribution is 2.37. The van der Waals surface area contributed by atoms with Crippen LogP contribution in [0.3, 0.4) is 0 Å². The number of fused-ring (bicyclic) bond motifs is 1. The Labute approximate surface area is 200 Å². The van der Waals surface area contributed by atoms with E-state index < -0.39 is 5.91 Å². The highest BCUT2D eigenvalue weighted by atomic mass is 35.5. The average Bonchev–Trinajstić information content (AvgIpc) is 3.53. The Kier molecular flexibility index (Phi) is 5.97. The second kappa shape index (κ2) is 9.05. The van der Waals surface area contributed by atoms with E-state index in [2.05, 4.69) is 10.3 Å². The third kappa shape index (κ3) is 4.42. The Hall–Kier alpha value is -3.07. The van der Waals surface area contributed by atoms with Crippen LogP contribution < -0.4 is 20.5 Å². The quantitative estimate of drug-likeness (QED) is 0.397. The van der Waals surface area contributed by atoms with E-state index in [1.807, 2.05) is 60.0 Å². The van der Waals surface area contributed by atoms with Crippen molar-refractivity contribution in [2.45, 2.75) is 25.6 Å². The van der Waals surface area contributed by atoms with Crippen molar-refractivity contribution < 1.29 is 14.3 Å². The van der Waals surface area contributed by atoms with Crippen LogP contribution in [-0.2, 0) is 0 Å². The number of nitrogens with two attached hydrogens (primary N) is 1. The number of nitrogens with zero attached hydrogens (tertiary/aromatic N) is 2. The Balaban J connectivity index is 1.48. The van der Waals surface area contributed by atoms with Crippen molar-refractivity contribution in [2.24, 2.45) is 5.73 Å². The molecule has 0 bridgehead atoms. The lowest BCUT2D eigenvalue weighted by molar-refractivity contribution is 0.0998. The zero-order valence-corrected chi connectivity index (χ0v) is 19.5. The first kappa shape index (κ1) is 21.8. The SMILES string of the molecule is C[C@@H](Oc1cc(-n2cnc3ccc(O[C@H]4CCNC4)cc32)sc1C(N)=O)c1ccccc1Cl. The van der Waals surface area contributed by atoms with E-state index >= 15 is 0 Å². The molecule has 4 aromatic rings. The van der Waals surface area contributed by atoms with Crippen molar-refractivity contribution in [3.05, 3.63) is 70.3 Å². The standard InChI is InChI=1S/C24H23ClN4O3S/c1-14(17-4-2-3-5-18(17)25)31-21-11-22(33-23(21)24(26)30)29-13-28-19-7-6-15(10-20(19)29)32-16-8-9-27-12-16/h2-7,10-11,13-14,16,27H,8-9,12H2,1H3,(H2,26,30)/t14-,16+/m1/s1. The van der Waals surface area contributed by atoms with E-state index in [9.17, 15) is 4.79 Å². The molecule has 1 amide bonds. The first-order valence-electron chi connectivity index (χ1n) is 10.7. The van der Waals surface area contributed by atoms with Crippen molar-refractivity contribution in [1.82, 2.24) is 14.9 Å². The van der Waals surface area contributed by atoms with Gasteiger partial charge >= 0.3 is 0 Å². The molecule has 170 valence electrons. The molecule has 0 radical (unpaired) electrons. The van der Waals surface area contributed by atoms with Crippen molar-refractivity contribution in [1.29, 1.82) is 0 Å². The smallest absolute Gasteiger partial charge is 0.262 e. The topological polar surface area (TPSA) is 91.4 Å². The summed E-state index contributed by atoms with van der Waals surface area (Å²) in [5.74, 6) is 0.657. The maximum absolute atomic E-state index is 12.2. The molecule has 0 spiro atoms. The summed E-state index contributed by atoms with van der Waals surface area (Å²) < 4.78 is 14.2. The second-order valence-corrected chi connectivity index (χ2v) is 9.36. The molecule has 1 aliphatic rings. The lowest BCUT2D eigenvalue weighted by Gasteiger charge is -2.16. The predicted octanol–water partition coefficient (Wildman–Crippen LogP) is 4.72. The maximum Gasteiger partial charge on any atom is 0.262 e. The normalized spacial score (nSPS) is 16.7. The molecule has 2 aromatic carbocycles. The van der Waals surface area contributed by atoms with Gasteiger partial charge in [-0.2, -0.15) is 0 Å². The molecule has 5 rings (SSSR count). The molecular weight excluding hydrogens is 460 g/mol. The molecule has 0 unspecified atom stereocenters. The number of nitrogens with one attached hydrogen (secondary N) is 1. The van der Waals surface area contributed by atoms with Crippen LogP contribution >= 0.6 is 22.9 Å². The molecule has 2 atom stereocenters. The van der Waals surface area contributed by atoms with Crippen molar-refractivity contribution in [3.8, 4) is 16.5 Å². The van der Waals surface area contributed by atoms with E-state index in [-0.39, 0.29) is 12.2 Å². The fraction of sp³-hybridized carbons (Fsp3) is 0.250. The van der Waals surface area contributed by atoms with Gasteiger partial charge in [0.05, 0.1) is 11.0 Å². The van der Waals surface area contributed by atoms with Crippen LogP contribution in [0.4, 0.5) is 0 Å². The van der Waals surface area contributed by atoms with Crippen molar-refractivity contribution in [2.75, 3.05) is 13.1 Å². The number of amides is 1. The third-order valence-electron chi connectivity index (χ3n) is 5.63. The number of thiophene rings is 1. The summed E-state index contributed by atoms with van der Waals surface area (Å²) in [6.45, 7) is 3.69. The third-order valence-corrected chi connectivity index (χ3v) is 7.10. The molecule has 1 saturated heterocycles. The van der Waals surface area contributed by atoms with Gasteiger partial charge in [-0.15, -0.1) is 11.3 Å². The number of aromatic nitrogens is 2. The Morgan fingerprint density at radius 1 is 1.30 bits per heavy atom. The summed E-state index contributed by atoms with van der Waals surface area (Å²) in [5, 5.41) is 4.68. The number of benzene rings is 2. The van der Waals surface area contributed by atoms with Gasteiger partial charge in [-0.1, -0.05) is 29.8 Å². The van der Waals surface area contributed by atoms with Crippen LogP contribution in [0.5, 0.6) is 11.5 Å². The molecule has 7 nitrogen and oxygen atoms in total. The van der Waals surface area contributed by atoms with E-state index in [0.717, 1.165) is 46.9 Å². The van der Waals surface area contributed by atoms with Crippen LogP contribution in [0.15, 0.2) is 54.9 Å². The van der Waals surface area contributed by atoms with Crippen LogP contribution in [0.1, 0.15) is 34.7 Å². The largest absolute Gasteiger partial charge is 0.489 e. The van der Waals surface area contributed by atoms with Gasteiger partial charge in [0, 0.05) is 29.3 Å². The fourth-order valence-corrected chi connectivity index (χ4v) is 5.17. The minimum Gasteiger partial charge on any atom is -0.489 e. The molecule has 3 N–H and O–H groups in total. The van der Waals surface area contributed by atoms with Gasteiger partial charge in [-0.3, -0.25) is 9.36 Å². The molecule has 0 saturated carbocycles. The molecular formula is C24H23ClN4O3S. The number of imidazole rings is 1. The van der Waals surface area contributed by atoms with Crippen LogP contribution in [0.25, 0.3) is 16.0 Å². The number of carbonyl (C=O) groups excluding carboxylic acids is 1. The van der Waals surface area contributed by atoms with E-state index in [1.54, 1.807) is 6.33 Å². The summed E-state index contributed by atoms with van der Waals surface area (Å²) in [4.78, 5) is 17.0. The van der Waals surface area contributed by atoms with Crippen molar-refractivity contribution in [3.63, 3.8) is 0 Å². The maximum atomic E-state index is 12.2. The molecule has 3 heterocycles. The summed E-state index contributed by atoms with van der Waals surface area (Å²) in [5.41, 5.74) is 8.20. The Morgan fingerprint density at radius 3 is 2.91 bits per heavy atom. The number of rotatable bonds is 7. The van der Waals surface area contributed by atoms with Crippen LogP contribution in [-0.4, -0.2) is 34.7 Å². The first-order chi connectivity index (χ1) is 16.0. The number of ether oxygens (including phenoxy) is 2. The fourth-order valence-electron chi connectivity index (χ4n) is 3.96. The zero-order valence-electron chi connectivity index (χ0n) is 18.0. The summed E-state index contributed by atoms with van der Waals surface area (Å²) in [7, 11) is 0. The highest BCUT2D eigenvalue weighted by Gasteiger charge is 2.21. The average molecular weight is 483 g/mol. The lowest BCUT2D eigenvalue weighted by Crippen LogP contribution is -2.19. The predicted molar refractivity (Wildman–Crippen MR) is 130 cm³/mol. The van der Waals surface area contributed by atoms with E-state index in [0.29, 0.717) is 15.6 Å². The molecule has 0 aliphatic carbocycles. The van der Waals surface area contributed by atoms with E-state index in [1.165, 1.54) is 11.3 Å². The highest BCUT2D eigenvalue weighted by molar-refractivity contribution is 7.16. The summed E-state index contributed by atoms with van der Waals surface area (Å²) in [6, 6.07) is 15.1. The van der Waals surface area contributed by atoms with Gasteiger partial charge in [0.1, 0.15) is 39.9 Å². The first-order valence-corrected chi connectivity index (χ1v) is 11.9. The molecule has 2 aromatic heterocycles. The minimum atomic E-state index is -0.546. The van der Waals surface area contributed by atoms with E-state index in [4.69, 9.17) is 26.8 Å². The van der Waals surface area contributed by atoms with Gasteiger partial charge in [-0.05, 0) is 38.1 Å². The number of carbonyl (C=O) groups is 1. The number of hydrogen-bond donors (Lipinski definition) is 2. The van der Waals surface area contributed by atoms with Gasteiger partial charge < -0.3 is 20.5 Å². The van der Waals surface area contributed by atoms with Gasteiger partial charge in [-0.25, -0.2) is 4.98 Å². The second-order valence-electron chi connectivity index (χ2n) is 7.92. The minimum absolute atomic E-state index is 0.160. The van der Waals surface area contributed by atoms with Gasteiger partial charge in [0.25, 0.3) is 5.91 Å². The number of halogens is 1. The van der Waals surface area contributed by atoms with Crippen molar-refractivity contribution >= 4 is 39.9 Å². The van der Waals surface area contributed by atoms with Gasteiger partial charge in [0.15, 0.2) is 0 Å². The Morgan fingerprint density at radius 2 is 2.15 bits per heavy atom. The molecule has 1 aliphatic heterocycles.